The van der Waals surface area contributed by atoms with Gasteiger partial charge in [0.1, 0.15) is 11.4 Å². The second-order valence-corrected chi connectivity index (χ2v) is 3.23. The maximum Gasteiger partial charge on any atom is 0.140 e. The quantitative estimate of drug-likeness (QED) is 0.723. The van der Waals surface area contributed by atoms with Crippen LogP contribution in [0.25, 0.3) is 11.2 Å². The Morgan fingerprint density at radius 1 is 1.57 bits per heavy atom. The number of fused-ring (bicyclic) bond motifs is 1. The number of nitrogens with zero attached hydrogens (tertiary/aromatic N) is 2. The molecular formula is C11H12N2O. The van der Waals surface area contributed by atoms with E-state index in [1.165, 1.54) is 0 Å². The Morgan fingerprint density at radius 2 is 2.36 bits per heavy atom. The molecule has 0 aliphatic heterocycles. The number of pyridine rings is 1. The van der Waals surface area contributed by atoms with E-state index in [0.717, 1.165) is 22.5 Å². The van der Waals surface area contributed by atoms with Gasteiger partial charge in [-0.1, -0.05) is 6.58 Å². The summed E-state index contributed by atoms with van der Waals surface area (Å²) in [6, 6.07) is 1.91. The first kappa shape index (κ1) is 8.81. The van der Waals surface area contributed by atoms with Gasteiger partial charge in [-0.25, -0.2) is 4.98 Å². The first-order valence-corrected chi connectivity index (χ1v) is 4.39. The van der Waals surface area contributed by atoms with Crippen LogP contribution >= 0.6 is 0 Å². The number of ether oxygens (including phenoxy) is 1. The van der Waals surface area contributed by atoms with Crippen LogP contribution in [0.5, 0.6) is 5.75 Å². The Morgan fingerprint density at radius 3 is 3.00 bits per heavy atom. The second kappa shape index (κ2) is 3.18. The highest BCUT2D eigenvalue weighted by Crippen LogP contribution is 2.25. The summed E-state index contributed by atoms with van der Waals surface area (Å²) in [6.45, 7) is 5.87. The molecule has 14 heavy (non-hydrogen) atoms. The fraction of sp³-hybridized carbons (Fsp3) is 0.182. The van der Waals surface area contributed by atoms with Gasteiger partial charge in [-0.05, 0) is 12.5 Å². The monoisotopic (exact) mass is 188 g/mol. The Labute approximate surface area is 82.7 Å². The highest BCUT2D eigenvalue weighted by molar-refractivity contribution is 5.68. The summed E-state index contributed by atoms with van der Waals surface area (Å²) in [5.41, 5.74) is 2.88. The minimum Gasteiger partial charge on any atom is -0.496 e. The number of hydrogen-bond donors (Lipinski definition) is 0. The summed E-state index contributed by atoms with van der Waals surface area (Å²) in [5.74, 6) is 0.816. The molecule has 0 fully saturated rings. The van der Waals surface area contributed by atoms with Crippen LogP contribution in [0.3, 0.4) is 0 Å². The molecule has 0 spiro atoms. The van der Waals surface area contributed by atoms with Crippen molar-refractivity contribution in [2.24, 2.45) is 0 Å². The molecule has 0 saturated carbocycles. The molecule has 0 radical (unpaired) electrons. The van der Waals surface area contributed by atoms with Gasteiger partial charge in [0, 0.05) is 30.2 Å². The number of allylic oxidation sites excluding steroid dienone is 1. The minimum atomic E-state index is 0.816. The van der Waals surface area contributed by atoms with Crippen molar-refractivity contribution < 1.29 is 4.74 Å². The first-order valence-electron chi connectivity index (χ1n) is 4.39. The topological polar surface area (TPSA) is 26.5 Å². The molecule has 0 saturated heterocycles. The molecule has 0 bridgehead atoms. The summed E-state index contributed by atoms with van der Waals surface area (Å²) in [5, 5.41) is 0. The van der Waals surface area contributed by atoms with Gasteiger partial charge in [-0.2, -0.15) is 0 Å². The van der Waals surface area contributed by atoms with Crippen LogP contribution in [0.2, 0.25) is 0 Å². The van der Waals surface area contributed by atoms with Gasteiger partial charge < -0.3 is 9.14 Å². The van der Waals surface area contributed by atoms with Crippen molar-refractivity contribution in [2.45, 2.75) is 6.92 Å². The lowest BCUT2D eigenvalue weighted by Gasteiger charge is -2.08. The van der Waals surface area contributed by atoms with E-state index in [0.29, 0.717) is 0 Å². The third-order valence-electron chi connectivity index (χ3n) is 2.17. The van der Waals surface area contributed by atoms with Gasteiger partial charge in [0.2, 0.25) is 0 Å². The molecular weight excluding hydrogens is 176 g/mol. The van der Waals surface area contributed by atoms with E-state index in [2.05, 4.69) is 11.6 Å². The molecule has 2 rings (SSSR count). The highest BCUT2D eigenvalue weighted by Gasteiger charge is 2.06. The molecule has 0 aliphatic rings. The predicted octanol–water partition coefficient (Wildman–Crippen LogP) is 2.38. The lowest BCUT2D eigenvalue weighted by molar-refractivity contribution is 0.413. The van der Waals surface area contributed by atoms with E-state index in [4.69, 9.17) is 4.74 Å². The fourth-order valence-electron chi connectivity index (χ4n) is 1.43. The molecule has 3 heteroatoms. The summed E-state index contributed by atoms with van der Waals surface area (Å²) in [4.78, 5) is 4.18. The van der Waals surface area contributed by atoms with Gasteiger partial charge >= 0.3 is 0 Å². The van der Waals surface area contributed by atoms with Crippen LogP contribution in [0, 0.1) is 0 Å². The SMILES string of the molecule is C=C(C)c1cn2ccnc2cc1OC. The maximum absolute atomic E-state index is 5.27. The van der Waals surface area contributed by atoms with E-state index in [1.807, 2.05) is 29.8 Å². The Kier molecular flexibility index (Phi) is 2.00. The van der Waals surface area contributed by atoms with Crippen LogP contribution < -0.4 is 4.74 Å². The van der Waals surface area contributed by atoms with Crippen molar-refractivity contribution >= 4 is 11.2 Å². The normalized spacial score (nSPS) is 10.4. The number of aromatic nitrogens is 2. The summed E-state index contributed by atoms with van der Waals surface area (Å²) in [7, 11) is 1.65. The zero-order valence-electron chi connectivity index (χ0n) is 8.32. The van der Waals surface area contributed by atoms with E-state index in [9.17, 15) is 0 Å². The van der Waals surface area contributed by atoms with Gasteiger partial charge in [0.15, 0.2) is 0 Å². The molecule has 2 heterocycles. The molecule has 2 aromatic heterocycles. The summed E-state index contributed by atoms with van der Waals surface area (Å²) in [6.07, 6.45) is 5.64. The van der Waals surface area contributed by atoms with Crippen LogP contribution in [0.15, 0.2) is 31.2 Å². The molecule has 0 unspecified atom stereocenters. The third kappa shape index (κ3) is 1.27. The minimum absolute atomic E-state index is 0.816. The third-order valence-corrected chi connectivity index (χ3v) is 2.17. The highest BCUT2D eigenvalue weighted by atomic mass is 16.5. The summed E-state index contributed by atoms with van der Waals surface area (Å²) >= 11 is 0. The van der Waals surface area contributed by atoms with E-state index >= 15 is 0 Å². The Balaban J connectivity index is 2.72. The van der Waals surface area contributed by atoms with Gasteiger partial charge in [-0.3, -0.25) is 0 Å². The molecule has 2 aromatic rings. The van der Waals surface area contributed by atoms with Crippen LogP contribution in [-0.2, 0) is 0 Å². The largest absolute Gasteiger partial charge is 0.496 e. The van der Waals surface area contributed by atoms with E-state index in [1.54, 1.807) is 13.3 Å². The molecule has 72 valence electrons. The van der Waals surface area contributed by atoms with Crippen molar-refractivity contribution in [3.05, 3.63) is 36.8 Å². The number of hydrogen-bond acceptors (Lipinski definition) is 2. The lowest BCUT2D eigenvalue weighted by Crippen LogP contribution is -1.93. The van der Waals surface area contributed by atoms with Crippen molar-refractivity contribution in [1.82, 2.24) is 9.38 Å². The lowest BCUT2D eigenvalue weighted by atomic mass is 10.1. The standard InChI is InChI=1S/C11H12N2O/c1-8(2)9-7-13-5-4-12-11(13)6-10(9)14-3/h4-7H,1H2,2-3H3. The predicted molar refractivity (Wildman–Crippen MR) is 56.5 cm³/mol. The average molecular weight is 188 g/mol. The number of rotatable bonds is 2. The second-order valence-electron chi connectivity index (χ2n) is 3.23. The molecule has 3 nitrogen and oxygen atoms in total. The van der Waals surface area contributed by atoms with Crippen LogP contribution in [0.4, 0.5) is 0 Å². The Hall–Kier alpha value is -1.77. The van der Waals surface area contributed by atoms with Crippen molar-refractivity contribution in [1.29, 1.82) is 0 Å². The average Bonchev–Trinajstić information content (AvgIpc) is 2.62. The van der Waals surface area contributed by atoms with Crippen molar-refractivity contribution in [3.8, 4) is 5.75 Å². The Bertz CT molecular complexity index is 485. The zero-order valence-corrected chi connectivity index (χ0v) is 8.32. The van der Waals surface area contributed by atoms with Crippen molar-refractivity contribution in [3.63, 3.8) is 0 Å². The van der Waals surface area contributed by atoms with Gasteiger partial charge in [-0.15, -0.1) is 0 Å². The first-order chi connectivity index (χ1) is 6.72. The number of methoxy groups -OCH3 is 1. The molecule has 0 amide bonds. The molecule has 0 N–H and O–H groups in total. The number of imidazole rings is 1. The molecule has 0 aromatic carbocycles. The van der Waals surface area contributed by atoms with Crippen LogP contribution in [0.1, 0.15) is 12.5 Å². The molecule has 0 atom stereocenters. The van der Waals surface area contributed by atoms with Gasteiger partial charge in [0.05, 0.1) is 7.11 Å². The van der Waals surface area contributed by atoms with E-state index < -0.39 is 0 Å². The smallest absolute Gasteiger partial charge is 0.140 e. The molecule has 0 aliphatic carbocycles. The summed E-state index contributed by atoms with van der Waals surface area (Å²) < 4.78 is 7.22. The fourth-order valence-corrected chi connectivity index (χ4v) is 1.43. The maximum atomic E-state index is 5.27. The van der Waals surface area contributed by atoms with Crippen molar-refractivity contribution in [2.75, 3.05) is 7.11 Å². The van der Waals surface area contributed by atoms with Gasteiger partial charge in [0.25, 0.3) is 0 Å². The zero-order chi connectivity index (χ0) is 10.1. The van der Waals surface area contributed by atoms with E-state index in [-0.39, 0.29) is 0 Å². The van der Waals surface area contributed by atoms with Crippen LogP contribution in [-0.4, -0.2) is 16.5 Å².